The van der Waals surface area contributed by atoms with Crippen LogP contribution in [0.2, 0.25) is 0 Å². The highest BCUT2D eigenvalue weighted by atomic mass is 14.2. The molecule has 0 heterocycles. The lowest BCUT2D eigenvalue weighted by Crippen LogP contribution is -2.07. The number of hydrogen-bond donors (Lipinski definition) is 0. The Labute approximate surface area is 97.3 Å². The molecule has 82 valence electrons. The van der Waals surface area contributed by atoms with Crippen molar-refractivity contribution in [3.05, 3.63) is 46.5 Å². The quantitative estimate of drug-likeness (QED) is 0.607. The zero-order valence-electron chi connectivity index (χ0n) is 10.1. The monoisotopic (exact) mass is 210 g/mol. The number of hydrogen-bond acceptors (Lipinski definition) is 0. The summed E-state index contributed by atoms with van der Waals surface area (Å²) < 4.78 is 0. The average Bonchev–Trinajstić information content (AvgIpc) is 2.36. The smallest absolute Gasteiger partial charge is 0.0146 e. The molecule has 0 aromatic heterocycles. The van der Waals surface area contributed by atoms with Gasteiger partial charge < -0.3 is 0 Å². The first-order valence-electron chi connectivity index (χ1n) is 6.28. The van der Waals surface area contributed by atoms with Crippen molar-refractivity contribution >= 4 is 10.8 Å². The molecule has 3 rings (SSSR count). The van der Waals surface area contributed by atoms with Crippen LogP contribution in [-0.2, 0) is 12.8 Å². The van der Waals surface area contributed by atoms with Crippen molar-refractivity contribution in [1.82, 2.24) is 0 Å². The van der Waals surface area contributed by atoms with Crippen LogP contribution < -0.4 is 0 Å². The van der Waals surface area contributed by atoms with Crippen molar-refractivity contribution in [2.75, 3.05) is 0 Å². The van der Waals surface area contributed by atoms with Gasteiger partial charge in [0.25, 0.3) is 0 Å². The van der Waals surface area contributed by atoms with Gasteiger partial charge in [-0.05, 0) is 72.6 Å². The highest BCUT2D eigenvalue weighted by molar-refractivity contribution is 5.91. The predicted molar refractivity (Wildman–Crippen MR) is 70.1 cm³/mol. The molecule has 0 N–H and O–H groups in total. The van der Waals surface area contributed by atoms with Gasteiger partial charge in [0, 0.05) is 0 Å². The fourth-order valence-corrected chi connectivity index (χ4v) is 3.12. The molecule has 0 radical (unpaired) electrons. The van der Waals surface area contributed by atoms with Crippen LogP contribution in [0.5, 0.6) is 0 Å². The van der Waals surface area contributed by atoms with Gasteiger partial charge in [-0.3, -0.25) is 0 Å². The maximum absolute atomic E-state index is 2.30. The molecule has 0 saturated heterocycles. The third-order valence-corrected chi connectivity index (χ3v) is 4.14. The summed E-state index contributed by atoms with van der Waals surface area (Å²) in [6.45, 7) is 4.57. The first kappa shape index (κ1) is 9.89. The summed E-state index contributed by atoms with van der Waals surface area (Å²) in [7, 11) is 0. The van der Waals surface area contributed by atoms with E-state index in [0.29, 0.717) is 0 Å². The van der Waals surface area contributed by atoms with Crippen LogP contribution in [0.3, 0.4) is 0 Å². The number of fused-ring (bicyclic) bond motifs is 3. The third-order valence-electron chi connectivity index (χ3n) is 4.14. The van der Waals surface area contributed by atoms with E-state index in [1.807, 2.05) is 0 Å². The Kier molecular flexibility index (Phi) is 2.24. The van der Waals surface area contributed by atoms with E-state index in [-0.39, 0.29) is 0 Å². The minimum Gasteiger partial charge on any atom is -0.0616 e. The minimum atomic E-state index is 1.27. The second-order valence-electron chi connectivity index (χ2n) is 4.96. The first-order chi connectivity index (χ1) is 7.79. The molecule has 1 aliphatic carbocycles. The lowest BCUT2D eigenvalue weighted by Gasteiger charge is -2.22. The van der Waals surface area contributed by atoms with Crippen molar-refractivity contribution < 1.29 is 0 Å². The number of aryl methyl sites for hydroxylation is 2. The lowest BCUT2D eigenvalue weighted by molar-refractivity contribution is 0.686. The second-order valence-corrected chi connectivity index (χ2v) is 4.96. The van der Waals surface area contributed by atoms with Gasteiger partial charge in [-0.25, -0.2) is 0 Å². The molecule has 0 aliphatic heterocycles. The Balaban J connectivity index is 2.45. The van der Waals surface area contributed by atoms with E-state index in [0.717, 1.165) is 0 Å². The van der Waals surface area contributed by atoms with Gasteiger partial charge in [-0.15, -0.1) is 0 Å². The topological polar surface area (TPSA) is 0 Å². The maximum atomic E-state index is 2.30. The van der Waals surface area contributed by atoms with Crippen molar-refractivity contribution in [3.8, 4) is 0 Å². The van der Waals surface area contributed by atoms with Gasteiger partial charge in [0.2, 0.25) is 0 Å². The maximum Gasteiger partial charge on any atom is -0.0146 e. The van der Waals surface area contributed by atoms with Gasteiger partial charge in [-0.2, -0.15) is 0 Å². The number of benzene rings is 2. The van der Waals surface area contributed by atoms with Crippen molar-refractivity contribution in [2.45, 2.75) is 39.5 Å². The molecule has 0 nitrogen and oxygen atoms in total. The Bertz CT molecular complexity index is 549. The van der Waals surface area contributed by atoms with E-state index in [2.05, 4.69) is 38.1 Å². The molecule has 0 heteroatoms. The molecular formula is C16H18. The van der Waals surface area contributed by atoms with E-state index in [4.69, 9.17) is 0 Å². The second kappa shape index (κ2) is 3.62. The molecule has 0 spiro atoms. The summed E-state index contributed by atoms with van der Waals surface area (Å²) in [4.78, 5) is 0. The molecule has 16 heavy (non-hydrogen) atoms. The van der Waals surface area contributed by atoms with E-state index >= 15 is 0 Å². The fourth-order valence-electron chi connectivity index (χ4n) is 3.12. The van der Waals surface area contributed by atoms with Gasteiger partial charge in [0.1, 0.15) is 0 Å². The van der Waals surface area contributed by atoms with E-state index < -0.39 is 0 Å². The molecule has 0 atom stereocenters. The summed E-state index contributed by atoms with van der Waals surface area (Å²) in [5.74, 6) is 0. The number of rotatable bonds is 0. The highest BCUT2D eigenvalue weighted by Gasteiger charge is 2.16. The van der Waals surface area contributed by atoms with Crippen LogP contribution in [0.1, 0.15) is 35.1 Å². The van der Waals surface area contributed by atoms with Crippen LogP contribution in [0.25, 0.3) is 10.8 Å². The van der Waals surface area contributed by atoms with Crippen molar-refractivity contribution in [2.24, 2.45) is 0 Å². The summed E-state index contributed by atoms with van der Waals surface area (Å²) in [5, 5.41) is 2.96. The molecule has 2 aromatic carbocycles. The normalized spacial score (nSPS) is 15.1. The molecule has 0 bridgehead atoms. The summed E-state index contributed by atoms with van der Waals surface area (Å²) in [6, 6.07) is 8.90. The van der Waals surface area contributed by atoms with Crippen LogP contribution in [0.15, 0.2) is 24.3 Å². The standard InChI is InChI=1S/C16H18/c1-11-12(2)14-8-4-6-10-16(14)15-9-5-3-7-13(11)15/h3,5,7,9H,4,6,8,10H2,1-2H3. The van der Waals surface area contributed by atoms with Gasteiger partial charge >= 0.3 is 0 Å². The Morgan fingerprint density at radius 2 is 1.38 bits per heavy atom. The van der Waals surface area contributed by atoms with Gasteiger partial charge in [0.05, 0.1) is 0 Å². The zero-order valence-corrected chi connectivity index (χ0v) is 10.1. The molecular weight excluding hydrogens is 192 g/mol. The van der Waals surface area contributed by atoms with Crippen LogP contribution in [-0.4, -0.2) is 0 Å². The highest BCUT2D eigenvalue weighted by Crippen LogP contribution is 2.34. The predicted octanol–water partition coefficient (Wildman–Crippen LogP) is 4.34. The minimum absolute atomic E-state index is 1.27. The van der Waals surface area contributed by atoms with Crippen LogP contribution in [0.4, 0.5) is 0 Å². The van der Waals surface area contributed by atoms with Gasteiger partial charge in [-0.1, -0.05) is 24.3 Å². The van der Waals surface area contributed by atoms with E-state index in [1.165, 1.54) is 47.6 Å². The third kappa shape index (κ3) is 1.29. The molecule has 0 fully saturated rings. The molecule has 1 aliphatic rings. The van der Waals surface area contributed by atoms with Crippen molar-refractivity contribution in [3.63, 3.8) is 0 Å². The Hall–Kier alpha value is -1.30. The molecule has 2 aromatic rings. The van der Waals surface area contributed by atoms with Crippen LogP contribution >= 0.6 is 0 Å². The molecule has 0 unspecified atom stereocenters. The first-order valence-corrected chi connectivity index (χ1v) is 6.28. The summed E-state index contributed by atoms with van der Waals surface area (Å²) in [6.07, 6.45) is 5.29. The van der Waals surface area contributed by atoms with Crippen LogP contribution in [0, 0.1) is 13.8 Å². The lowest BCUT2D eigenvalue weighted by atomic mass is 9.82. The Morgan fingerprint density at radius 3 is 2.12 bits per heavy atom. The average molecular weight is 210 g/mol. The molecule has 0 amide bonds. The fraction of sp³-hybridized carbons (Fsp3) is 0.375. The summed E-state index contributed by atoms with van der Waals surface area (Å²) in [5.41, 5.74) is 6.29. The van der Waals surface area contributed by atoms with Crippen molar-refractivity contribution in [1.29, 1.82) is 0 Å². The summed E-state index contributed by atoms with van der Waals surface area (Å²) >= 11 is 0. The Morgan fingerprint density at radius 1 is 0.750 bits per heavy atom. The SMILES string of the molecule is Cc1c2c(c3ccccc3c1C)CCCC2. The molecule has 0 saturated carbocycles. The van der Waals surface area contributed by atoms with E-state index in [9.17, 15) is 0 Å². The zero-order chi connectivity index (χ0) is 11.1. The van der Waals surface area contributed by atoms with Gasteiger partial charge in [0.15, 0.2) is 0 Å². The van der Waals surface area contributed by atoms with E-state index in [1.54, 1.807) is 11.1 Å². The largest absolute Gasteiger partial charge is 0.0616 e.